The number of hydrogen-bond acceptors (Lipinski definition) is 3. The van der Waals surface area contributed by atoms with E-state index >= 15 is 0 Å². The Balaban J connectivity index is 2.59. The lowest BCUT2D eigenvalue weighted by atomic mass is 10.2. The van der Waals surface area contributed by atoms with Gasteiger partial charge in [0.25, 0.3) is 0 Å². The molecule has 0 aliphatic heterocycles. The molecule has 0 saturated carbocycles. The number of phenolic OH excluding ortho intramolecular Hbond substituents is 1. The number of hydrogen-bond donors (Lipinski definition) is 2. The van der Waals surface area contributed by atoms with Gasteiger partial charge in [0, 0.05) is 24.1 Å². The minimum atomic E-state index is 0.315. The molecule has 0 atom stereocenters. The van der Waals surface area contributed by atoms with Crippen molar-refractivity contribution in [3.05, 3.63) is 28.2 Å². The third kappa shape index (κ3) is 4.20. The number of benzene rings is 1. The molecule has 0 aliphatic rings. The highest BCUT2D eigenvalue weighted by atomic mass is 79.9. The molecular weight excluding hydrogens is 256 g/mol. The van der Waals surface area contributed by atoms with E-state index in [1.165, 1.54) is 0 Å². The zero-order valence-electron chi connectivity index (χ0n) is 9.13. The number of phenols is 1. The largest absolute Gasteiger partial charge is 0.508 e. The van der Waals surface area contributed by atoms with Crippen LogP contribution in [0.5, 0.6) is 5.75 Å². The van der Waals surface area contributed by atoms with Gasteiger partial charge in [0.05, 0.1) is 0 Å². The highest BCUT2D eigenvalue weighted by Crippen LogP contribution is 2.22. The van der Waals surface area contributed by atoms with Crippen LogP contribution in [0.15, 0.2) is 22.7 Å². The van der Waals surface area contributed by atoms with Gasteiger partial charge in [-0.25, -0.2) is 0 Å². The van der Waals surface area contributed by atoms with Crippen molar-refractivity contribution in [1.82, 2.24) is 10.2 Å². The molecule has 0 spiro atoms. The maximum atomic E-state index is 9.37. The van der Waals surface area contributed by atoms with E-state index in [9.17, 15) is 5.11 Å². The number of halogens is 1. The molecule has 0 aromatic heterocycles. The van der Waals surface area contributed by atoms with Crippen molar-refractivity contribution >= 4 is 15.9 Å². The average Bonchev–Trinajstić information content (AvgIpc) is 2.20. The normalized spacial score (nSPS) is 10.9. The van der Waals surface area contributed by atoms with E-state index in [4.69, 9.17) is 0 Å². The Morgan fingerprint density at radius 3 is 2.87 bits per heavy atom. The Labute approximate surface area is 99.2 Å². The smallest absolute Gasteiger partial charge is 0.115 e. The van der Waals surface area contributed by atoms with E-state index in [1.54, 1.807) is 12.1 Å². The van der Waals surface area contributed by atoms with Gasteiger partial charge in [-0.3, -0.25) is 0 Å². The zero-order chi connectivity index (χ0) is 11.3. The van der Waals surface area contributed by atoms with Crippen LogP contribution in [-0.4, -0.2) is 37.2 Å². The van der Waals surface area contributed by atoms with Crippen LogP contribution < -0.4 is 5.32 Å². The van der Waals surface area contributed by atoms with Gasteiger partial charge in [-0.15, -0.1) is 0 Å². The first kappa shape index (κ1) is 12.5. The summed E-state index contributed by atoms with van der Waals surface area (Å²) in [4.78, 5) is 2.20. The standard InChI is InChI=1S/C11H17BrN2O/c1-13-5-6-14(2)8-9-7-10(15)3-4-11(9)12/h3-4,7,13,15H,5-6,8H2,1-2H3. The lowest BCUT2D eigenvalue weighted by molar-refractivity contribution is 0.327. The van der Waals surface area contributed by atoms with Crippen molar-refractivity contribution in [3.63, 3.8) is 0 Å². The summed E-state index contributed by atoms with van der Waals surface area (Å²) < 4.78 is 1.04. The predicted octanol–water partition coefficient (Wildman–Crippen LogP) is 1.81. The van der Waals surface area contributed by atoms with Crippen LogP contribution in [0.25, 0.3) is 0 Å². The summed E-state index contributed by atoms with van der Waals surface area (Å²) in [5.41, 5.74) is 1.11. The summed E-state index contributed by atoms with van der Waals surface area (Å²) in [7, 11) is 4.01. The summed E-state index contributed by atoms with van der Waals surface area (Å²) in [6, 6.07) is 5.34. The highest BCUT2D eigenvalue weighted by Gasteiger charge is 2.04. The first-order valence-corrected chi connectivity index (χ1v) is 5.73. The van der Waals surface area contributed by atoms with Crippen molar-refractivity contribution in [2.75, 3.05) is 27.2 Å². The van der Waals surface area contributed by atoms with Crippen LogP contribution >= 0.6 is 15.9 Å². The maximum Gasteiger partial charge on any atom is 0.115 e. The molecular formula is C11H17BrN2O. The van der Waals surface area contributed by atoms with Crippen molar-refractivity contribution in [2.45, 2.75) is 6.54 Å². The molecule has 3 nitrogen and oxygen atoms in total. The molecule has 0 heterocycles. The fourth-order valence-corrected chi connectivity index (χ4v) is 1.73. The van der Waals surface area contributed by atoms with E-state index < -0.39 is 0 Å². The second kappa shape index (κ2) is 6.10. The molecule has 0 aliphatic carbocycles. The first-order valence-electron chi connectivity index (χ1n) is 4.94. The minimum absolute atomic E-state index is 0.315. The summed E-state index contributed by atoms with van der Waals surface area (Å²) in [6.45, 7) is 2.78. The molecule has 15 heavy (non-hydrogen) atoms. The fourth-order valence-electron chi connectivity index (χ4n) is 1.35. The van der Waals surface area contributed by atoms with Crippen molar-refractivity contribution < 1.29 is 5.11 Å². The van der Waals surface area contributed by atoms with Crippen molar-refractivity contribution in [3.8, 4) is 5.75 Å². The van der Waals surface area contributed by atoms with Gasteiger partial charge >= 0.3 is 0 Å². The van der Waals surface area contributed by atoms with Crippen LogP contribution in [0.3, 0.4) is 0 Å². The molecule has 1 rings (SSSR count). The molecule has 4 heteroatoms. The molecule has 0 fully saturated rings. The first-order chi connectivity index (χ1) is 7.13. The van der Waals surface area contributed by atoms with Crippen LogP contribution in [0, 0.1) is 0 Å². The third-order valence-electron chi connectivity index (χ3n) is 2.21. The van der Waals surface area contributed by atoms with Gasteiger partial charge in [-0.1, -0.05) is 15.9 Å². The zero-order valence-corrected chi connectivity index (χ0v) is 10.7. The van der Waals surface area contributed by atoms with Gasteiger partial charge in [0.1, 0.15) is 5.75 Å². The molecule has 0 bridgehead atoms. The second-order valence-corrected chi connectivity index (χ2v) is 4.47. The summed E-state index contributed by atoms with van der Waals surface area (Å²) >= 11 is 3.47. The van der Waals surface area contributed by atoms with Gasteiger partial charge in [0.2, 0.25) is 0 Å². The Morgan fingerprint density at radius 2 is 2.20 bits per heavy atom. The van der Waals surface area contributed by atoms with Gasteiger partial charge < -0.3 is 15.3 Å². The van der Waals surface area contributed by atoms with E-state index in [0.717, 1.165) is 29.7 Å². The molecule has 0 unspecified atom stereocenters. The second-order valence-electron chi connectivity index (χ2n) is 3.62. The molecule has 84 valence electrons. The van der Waals surface area contributed by atoms with Crippen LogP contribution in [0.4, 0.5) is 0 Å². The van der Waals surface area contributed by atoms with Crippen molar-refractivity contribution in [2.24, 2.45) is 0 Å². The summed E-state index contributed by atoms with van der Waals surface area (Å²) in [6.07, 6.45) is 0. The van der Waals surface area contributed by atoms with Crippen molar-refractivity contribution in [1.29, 1.82) is 0 Å². The molecule has 1 aromatic rings. The number of likely N-dealkylation sites (N-methyl/N-ethyl adjacent to an activating group) is 2. The summed E-state index contributed by atoms with van der Waals surface area (Å²) in [5.74, 6) is 0.315. The Bertz CT molecular complexity index is 317. The van der Waals surface area contributed by atoms with E-state index in [2.05, 4.69) is 33.2 Å². The topological polar surface area (TPSA) is 35.5 Å². The number of rotatable bonds is 5. The molecule has 0 saturated heterocycles. The monoisotopic (exact) mass is 272 g/mol. The SMILES string of the molecule is CNCCN(C)Cc1cc(O)ccc1Br. The molecule has 0 radical (unpaired) electrons. The van der Waals surface area contributed by atoms with E-state index in [-0.39, 0.29) is 0 Å². The van der Waals surface area contributed by atoms with Gasteiger partial charge in [-0.2, -0.15) is 0 Å². The Kier molecular flexibility index (Phi) is 5.08. The fraction of sp³-hybridized carbons (Fsp3) is 0.455. The van der Waals surface area contributed by atoms with Gasteiger partial charge in [-0.05, 0) is 37.9 Å². The molecule has 1 aromatic carbocycles. The lowest BCUT2D eigenvalue weighted by Crippen LogP contribution is -2.27. The number of nitrogens with zero attached hydrogens (tertiary/aromatic N) is 1. The molecule has 0 amide bonds. The predicted molar refractivity (Wildman–Crippen MR) is 66.1 cm³/mol. The van der Waals surface area contributed by atoms with Crippen LogP contribution in [-0.2, 0) is 6.54 Å². The van der Waals surface area contributed by atoms with Gasteiger partial charge in [0.15, 0.2) is 0 Å². The van der Waals surface area contributed by atoms with E-state index in [0.29, 0.717) is 5.75 Å². The Hall–Kier alpha value is -0.580. The Morgan fingerprint density at radius 1 is 1.47 bits per heavy atom. The maximum absolute atomic E-state index is 9.37. The third-order valence-corrected chi connectivity index (χ3v) is 2.99. The quantitative estimate of drug-likeness (QED) is 0.858. The van der Waals surface area contributed by atoms with E-state index in [1.807, 2.05) is 13.1 Å². The minimum Gasteiger partial charge on any atom is -0.508 e. The average molecular weight is 273 g/mol. The number of nitrogens with one attached hydrogen (secondary N) is 1. The molecule has 2 N–H and O–H groups in total. The lowest BCUT2D eigenvalue weighted by Gasteiger charge is -2.17. The summed E-state index contributed by atoms with van der Waals surface area (Å²) in [5, 5.41) is 12.5. The number of aromatic hydroxyl groups is 1. The van der Waals surface area contributed by atoms with Crippen LogP contribution in [0.2, 0.25) is 0 Å². The van der Waals surface area contributed by atoms with Crippen LogP contribution in [0.1, 0.15) is 5.56 Å². The highest BCUT2D eigenvalue weighted by molar-refractivity contribution is 9.10.